The monoisotopic (exact) mass is 308 g/mol. The number of hydrogen-bond donors (Lipinski definition) is 1. The fourth-order valence-electron chi connectivity index (χ4n) is 2.58. The Morgan fingerprint density at radius 2 is 2.24 bits per heavy atom. The molecule has 0 unspecified atom stereocenters. The summed E-state index contributed by atoms with van der Waals surface area (Å²) in [4.78, 5) is 21.6. The molecular formula is C14H17FN4OS. The first kappa shape index (κ1) is 14.2. The van der Waals surface area contributed by atoms with Crippen molar-refractivity contribution < 1.29 is 9.18 Å². The third-order valence-electron chi connectivity index (χ3n) is 3.84. The Morgan fingerprint density at radius 3 is 2.95 bits per heavy atom. The SMILES string of the molecule is CC(=O)NCC1(F)CCN(c2ncnc3ccsc23)CC1. The molecular weight excluding hydrogens is 291 g/mol. The average Bonchev–Trinajstić information content (AvgIpc) is 2.95. The molecule has 1 N–H and O–H groups in total. The first-order valence-electron chi connectivity index (χ1n) is 6.94. The molecule has 0 aromatic carbocycles. The minimum atomic E-state index is -1.32. The molecule has 1 saturated heterocycles. The lowest BCUT2D eigenvalue weighted by molar-refractivity contribution is -0.119. The van der Waals surface area contributed by atoms with Crippen molar-refractivity contribution in [1.82, 2.24) is 15.3 Å². The Hall–Kier alpha value is -1.76. The van der Waals surface area contributed by atoms with Gasteiger partial charge in [0, 0.05) is 32.9 Å². The highest BCUT2D eigenvalue weighted by Gasteiger charge is 2.35. The summed E-state index contributed by atoms with van der Waals surface area (Å²) in [5.41, 5.74) is -0.385. The summed E-state index contributed by atoms with van der Waals surface area (Å²) in [6, 6.07) is 1.96. The molecule has 112 valence electrons. The number of aromatic nitrogens is 2. The topological polar surface area (TPSA) is 58.1 Å². The van der Waals surface area contributed by atoms with E-state index in [0.29, 0.717) is 25.9 Å². The van der Waals surface area contributed by atoms with Crippen LogP contribution in [0.5, 0.6) is 0 Å². The number of alkyl halides is 1. The third kappa shape index (κ3) is 2.97. The normalized spacial score (nSPS) is 17.9. The van der Waals surface area contributed by atoms with E-state index in [2.05, 4.69) is 20.2 Å². The fourth-order valence-corrected chi connectivity index (χ4v) is 3.44. The van der Waals surface area contributed by atoms with Gasteiger partial charge in [0.05, 0.1) is 16.8 Å². The van der Waals surface area contributed by atoms with Gasteiger partial charge in [0.25, 0.3) is 0 Å². The predicted molar refractivity (Wildman–Crippen MR) is 81.4 cm³/mol. The van der Waals surface area contributed by atoms with Gasteiger partial charge in [0.1, 0.15) is 17.8 Å². The van der Waals surface area contributed by atoms with E-state index in [1.807, 2.05) is 11.4 Å². The number of halogens is 1. The zero-order chi connectivity index (χ0) is 14.9. The molecule has 7 heteroatoms. The summed E-state index contributed by atoms with van der Waals surface area (Å²) in [6.45, 7) is 2.70. The van der Waals surface area contributed by atoms with E-state index in [9.17, 15) is 9.18 Å². The molecule has 1 amide bonds. The molecule has 0 bridgehead atoms. The minimum absolute atomic E-state index is 0.0916. The highest BCUT2D eigenvalue weighted by molar-refractivity contribution is 7.17. The summed E-state index contributed by atoms with van der Waals surface area (Å²) < 4.78 is 15.7. The summed E-state index contributed by atoms with van der Waals surface area (Å²) in [5, 5.41) is 4.57. The Balaban J connectivity index is 1.71. The number of piperidine rings is 1. The molecule has 3 rings (SSSR count). The zero-order valence-electron chi connectivity index (χ0n) is 11.8. The first-order valence-corrected chi connectivity index (χ1v) is 7.82. The van der Waals surface area contributed by atoms with Crippen LogP contribution in [0, 0.1) is 0 Å². The molecule has 21 heavy (non-hydrogen) atoms. The van der Waals surface area contributed by atoms with Crippen LogP contribution >= 0.6 is 11.3 Å². The van der Waals surface area contributed by atoms with Crippen LogP contribution in [0.25, 0.3) is 10.2 Å². The van der Waals surface area contributed by atoms with Crippen LogP contribution in [0.3, 0.4) is 0 Å². The van der Waals surface area contributed by atoms with Crippen LogP contribution < -0.4 is 10.2 Å². The predicted octanol–water partition coefficient (Wildman–Crippen LogP) is 2.14. The maximum absolute atomic E-state index is 14.6. The van der Waals surface area contributed by atoms with Crippen molar-refractivity contribution in [2.75, 3.05) is 24.5 Å². The van der Waals surface area contributed by atoms with Crippen molar-refractivity contribution in [1.29, 1.82) is 0 Å². The van der Waals surface area contributed by atoms with Gasteiger partial charge in [-0.15, -0.1) is 11.3 Å². The van der Waals surface area contributed by atoms with Crippen molar-refractivity contribution >= 4 is 33.3 Å². The van der Waals surface area contributed by atoms with Crippen LogP contribution in [-0.2, 0) is 4.79 Å². The van der Waals surface area contributed by atoms with E-state index in [1.54, 1.807) is 17.7 Å². The van der Waals surface area contributed by atoms with Gasteiger partial charge in [0.15, 0.2) is 0 Å². The standard InChI is InChI=1S/C14H17FN4OS/c1-10(20)16-8-14(15)3-5-19(6-4-14)13-12-11(2-7-21-12)17-9-18-13/h2,7,9H,3-6,8H2,1H3,(H,16,20). The number of anilines is 1. The highest BCUT2D eigenvalue weighted by Crippen LogP contribution is 2.33. The minimum Gasteiger partial charge on any atom is -0.355 e. The van der Waals surface area contributed by atoms with Crippen molar-refractivity contribution in [2.45, 2.75) is 25.4 Å². The van der Waals surface area contributed by atoms with Crippen molar-refractivity contribution in [3.8, 4) is 0 Å². The second-order valence-electron chi connectivity index (χ2n) is 5.38. The van der Waals surface area contributed by atoms with Crippen LogP contribution in [0.15, 0.2) is 17.8 Å². The summed E-state index contributed by atoms with van der Waals surface area (Å²) in [5.74, 6) is 0.696. The molecule has 1 aliphatic rings. The number of nitrogens with zero attached hydrogens (tertiary/aromatic N) is 3. The van der Waals surface area contributed by atoms with Crippen LogP contribution in [0.1, 0.15) is 19.8 Å². The average molecular weight is 308 g/mol. The van der Waals surface area contributed by atoms with E-state index in [4.69, 9.17) is 0 Å². The molecule has 0 saturated carbocycles. The molecule has 3 heterocycles. The number of thiophene rings is 1. The van der Waals surface area contributed by atoms with E-state index in [1.165, 1.54) is 6.92 Å². The van der Waals surface area contributed by atoms with E-state index in [0.717, 1.165) is 16.0 Å². The molecule has 2 aromatic rings. The molecule has 0 aliphatic carbocycles. The Bertz CT molecular complexity index is 651. The number of amides is 1. The van der Waals surface area contributed by atoms with Crippen molar-refractivity contribution in [3.05, 3.63) is 17.8 Å². The van der Waals surface area contributed by atoms with E-state index in [-0.39, 0.29) is 12.5 Å². The second-order valence-corrected chi connectivity index (χ2v) is 6.30. The van der Waals surface area contributed by atoms with Crippen molar-refractivity contribution in [2.24, 2.45) is 0 Å². The first-order chi connectivity index (χ1) is 10.1. The summed E-state index contributed by atoms with van der Waals surface area (Å²) in [6.07, 6.45) is 2.34. The lowest BCUT2D eigenvalue weighted by atomic mass is 9.93. The largest absolute Gasteiger partial charge is 0.355 e. The Labute approximate surface area is 126 Å². The lowest BCUT2D eigenvalue weighted by Gasteiger charge is -2.37. The van der Waals surface area contributed by atoms with Gasteiger partial charge in [-0.1, -0.05) is 0 Å². The number of rotatable bonds is 3. The van der Waals surface area contributed by atoms with Gasteiger partial charge in [0.2, 0.25) is 5.91 Å². The van der Waals surface area contributed by atoms with E-state index < -0.39 is 5.67 Å². The molecule has 0 atom stereocenters. The molecule has 0 spiro atoms. The summed E-state index contributed by atoms with van der Waals surface area (Å²) >= 11 is 1.60. The van der Waals surface area contributed by atoms with E-state index >= 15 is 0 Å². The van der Waals surface area contributed by atoms with Crippen LogP contribution in [0.2, 0.25) is 0 Å². The smallest absolute Gasteiger partial charge is 0.216 e. The highest BCUT2D eigenvalue weighted by atomic mass is 32.1. The van der Waals surface area contributed by atoms with Crippen molar-refractivity contribution in [3.63, 3.8) is 0 Å². The number of nitrogens with one attached hydrogen (secondary N) is 1. The number of fused-ring (bicyclic) bond motifs is 1. The second kappa shape index (κ2) is 5.55. The Morgan fingerprint density at radius 1 is 1.48 bits per heavy atom. The maximum Gasteiger partial charge on any atom is 0.216 e. The fraction of sp³-hybridized carbons (Fsp3) is 0.500. The van der Waals surface area contributed by atoms with Gasteiger partial charge >= 0.3 is 0 Å². The van der Waals surface area contributed by atoms with Gasteiger partial charge in [-0.2, -0.15) is 0 Å². The number of carbonyl (C=O) groups excluding carboxylic acids is 1. The van der Waals surface area contributed by atoms with Gasteiger partial charge < -0.3 is 10.2 Å². The molecule has 1 aliphatic heterocycles. The molecule has 0 radical (unpaired) electrons. The maximum atomic E-state index is 14.6. The van der Waals surface area contributed by atoms with Gasteiger partial charge in [-0.3, -0.25) is 4.79 Å². The third-order valence-corrected chi connectivity index (χ3v) is 4.74. The Kier molecular flexibility index (Phi) is 3.75. The van der Waals surface area contributed by atoms with Gasteiger partial charge in [-0.25, -0.2) is 14.4 Å². The lowest BCUT2D eigenvalue weighted by Crippen LogP contribution is -2.48. The van der Waals surface area contributed by atoms with Gasteiger partial charge in [-0.05, 0) is 11.4 Å². The molecule has 5 nitrogen and oxygen atoms in total. The quantitative estimate of drug-likeness (QED) is 0.944. The number of carbonyl (C=O) groups is 1. The molecule has 1 fully saturated rings. The van der Waals surface area contributed by atoms with Crippen LogP contribution in [-0.4, -0.2) is 41.2 Å². The summed E-state index contributed by atoms with van der Waals surface area (Å²) in [7, 11) is 0. The zero-order valence-corrected chi connectivity index (χ0v) is 12.6. The van der Waals surface area contributed by atoms with Crippen LogP contribution in [0.4, 0.5) is 10.2 Å². The molecule has 2 aromatic heterocycles. The number of hydrogen-bond acceptors (Lipinski definition) is 5.